The number of ether oxygens (including phenoxy) is 1. The van der Waals surface area contributed by atoms with E-state index >= 15 is 0 Å². The zero-order valence-corrected chi connectivity index (χ0v) is 16.4. The molecule has 142 valence electrons. The number of aryl methyl sites for hydroxylation is 3. The molecular weight excluding hydrogens is 348 g/mol. The van der Waals surface area contributed by atoms with Crippen molar-refractivity contribution in [1.82, 2.24) is 4.98 Å². The quantitative estimate of drug-likeness (QED) is 0.647. The van der Waals surface area contributed by atoms with Crippen LogP contribution in [0.2, 0.25) is 0 Å². The van der Waals surface area contributed by atoms with Gasteiger partial charge in [-0.3, -0.25) is 9.78 Å². The molecule has 0 saturated heterocycles. The number of amides is 1. The Morgan fingerprint density at radius 2 is 1.79 bits per heavy atom. The molecule has 0 bridgehead atoms. The normalized spacial score (nSPS) is 10.8. The summed E-state index contributed by atoms with van der Waals surface area (Å²) in [6.07, 6.45) is 5.66. The van der Waals surface area contributed by atoms with Crippen molar-refractivity contribution in [2.24, 2.45) is 0 Å². The Morgan fingerprint density at radius 1 is 1.00 bits per heavy atom. The second-order valence-corrected chi connectivity index (χ2v) is 6.78. The maximum absolute atomic E-state index is 12.3. The summed E-state index contributed by atoms with van der Waals surface area (Å²) in [4.78, 5) is 16.6. The Morgan fingerprint density at radius 3 is 2.50 bits per heavy atom. The monoisotopic (exact) mass is 372 g/mol. The van der Waals surface area contributed by atoms with Crippen LogP contribution in [-0.2, 0) is 4.79 Å². The highest BCUT2D eigenvalue weighted by molar-refractivity contribution is 5.92. The fraction of sp³-hybridized carbons (Fsp3) is 0.167. The first kappa shape index (κ1) is 19.4. The third-order valence-electron chi connectivity index (χ3n) is 4.26. The van der Waals surface area contributed by atoms with Crippen LogP contribution in [-0.4, -0.2) is 17.5 Å². The van der Waals surface area contributed by atoms with E-state index in [1.807, 2.05) is 75.4 Å². The van der Waals surface area contributed by atoms with Crippen LogP contribution in [0.3, 0.4) is 0 Å². The van der Waals surface area contributed by atoms with Crippen molar-refractivity contribution in [2.75, 3.05) is 11.9 Å². The topological polar surface area (TPSA) is 51.2 Å². The molecule has 4 nitrogen and oxygen atoms in total. The SMILES string of the molecule is Cc1cc(C)c(OCC(=O)Nc2cccc(/C=C/c3ccccn3)c2)c(C)c1. The summed E-state index contributed by atoms with van der Waals surface area (Å²) in [5.74, 6) is 0.582. The Hall–Kier alpha value is -3.40. The zero-order valence-electron chi connectivity index (χ0n) is 16.4. The fourth-order valence-electron chi connectivity index (χ4n) is 3.11. The van der Waals surface area contributed by atoms with Crippen molar-refractivity contribution in [2.45, 2.75) is 20.8 Å². The number of aromatic nitrogens is 1. The van der Waals surface area contributed by atoms with Crippen molar-refractivity contribution in [1.29, 1.82) is 0 Å². The van der Waals surface area contributed by atoms with Crippen molar-refractivity contribution in [3.8, 4) is 5.75 Å². The highest BCUT2D eigenvalue weighted by Crippen LogP contribution is 2.24. The minimum absolute atomic E-state index is 0.0290. The van der Waals surface area contributed by atoms with E-state index in [1.165, 1.54) is 5.56 Å². The average Bonchev–Trinajstić information content (AvgIpc) is 2.66. The number of hydrogen-bond donors (Lipinski definition) is 1. The molecule has 1 N–H and O–H groups in total. The standard InChI is InChI=1S/C24H24N2O2/c1-17-13-18(2)24(19(3)14-17)28-16-23(27)26-22-9-6-7-20(15-22)10-11-21-8-4-5-12-25-21/h4-15H,16H2,1-3H3,(H,26,27)/b11-10+. The van der Waals surface area contributed by atoms with E-state index in [9.17, 15) is 4.79 Å². The molecule has 0 aliphatic rings. The number of carbonyl (C=O) groups is 1. The highest BCUT2D eigenvalue weighted by atomic mass is 16.5. The van der Waals surface area contributed by atoms with Crippen LogP contribution in [0.4, 0.5) is 5.69 Å². The van der Waals surface area contributed by atoms with Gasteiger partial charge in [-0.15, -0.1) is 0 Å². The van der Waals surface area contributed by atoms with Crippen molar-refractivity contribution >= 4 is 23.7 Å². The number of anilines is 1. The number of nitrogens with one attached hydrogen (secondary N) is 1. The number of hydrogen-bond acceptors (Lipinski definition) is 3. The molecule has 0 radical (unpaired) electrons. The van der Waals surface area contributed by atoms with Crippen molar-refractivity contribution in [3.63, 3.8) is 0 Å². The summed E-state index contributed by atoms with van der Waals surface area (Å²) >= 11 is 0. The van der Waals surface area contributed by atoms with E-state index in [1.54, 1.807) is 6.20 Å². The van der Waals surface area contributed by atoms with Crippen LogP contribution in [0.5, 0.6) is 5.75 Å². The summed E-state index contributed by atoms with van der Waals surface area (Å²) in [5, 5.41) is 2.89. The molecule has 0 saturated carbocycles. The molecule has 3 aromatic rings. The molecule has 3 rings (SSSR count). The largest absolute Gasteiger partial charge is 0.483 e. The van der Waals surface area contributed by atoms with E-state index in [4.69, 9.17) is 4.74 Å². The number of pyridine rings is 1. The maximum Gasteiger partial charge on any atom is 0.262 e. The molecule has 0 spiro atoms. The highest BCUT2D eigenvalue weighted by Gasteiger charge is 2.09. The van der Waals surface area contributed by atoms with Gasteiger partial charge >= 0.3 is 0 Å². The van der Waals surface area contributed by atoms with E-state index in [0.717, 1.165) is 33.8 Å². The molecule has 0 aliphatic heterocycles. The van der Waals surface area contributed by atoms with Gasteiger partial charge in [-0.05, 0) is 67.8 Å². The van der Waals surface area contributed by atoms with Gasteiger partial charge in [-0.25, -0.2) is 0 Å². The van der Waals surface area contributed by atoms with Gasteiger partial charge < -0.3 is 10.1 Å². The van der Waals surface area contributed by atoms with Gasteiger partial charge in [0.15, 0.2) is 6.61 Å². The average molecular weight is 372 g/mol. The predicted molar refractivity (Wildman–Crippen MR) is 114 cm³/mol. The molecule has 0 aliphatic carbocycles. The number of nitrogens with zero attached hydrogens (tertiary/aromatic N) is 1. The summed E-state index contributed by atoms with van der Waals surface area (Å²) in [7, 11) is 0. The molecule has 1 aromatic heterocycles. The Balaban J connectivity index is 1.61. The predicted octanol–water partition coefficient (Wildman–Crippen LogP) is 5.19. The molecule has 1 amide bonds. The Labute approximate surface area is 165 Å². The molecule has 4 heteroatoms. The summed E-state index contributed by atoms with van der Waals surface area (Å²) in [6.45, 7) is 6.00. The van der Waals surface area contributed by atoms with Crippen LogP contribution < -0.4 is 10.1 Å². The van der Waals surface area contributed by atoms with Gasteiger partial charge in [0, 0.05) is 11.9 Å². The molecule has 28 heavy (non-hydrogen) atoms. The first-order valence-electron chi connectivity index (χ1n) is 9.21. The molecule has 2 aromatic carbocycles. The number of benzene rings is 2. The van der Waals surface area contributed by atoms with E-state index in [0.29, 0.717) is 0 Å². The van der Waals surface area contributed by atoms with Gasteiger partial charge in [-0.1, -0.05) is 42.0 Å². The van der Waals surface area contributed by atoms with Crippen molar-refractivity contribution < 1.29 is 9.53 Å². The van der Waals surface area contributed by atoms with E-state index in [-0.39, 0.29) is 12.5 Å². The third kappa shape index (κ3) is 5.30. The van der Waals surface area contributed by atoms with E-state index in [2.05, 4.69) is 22.4 Å². The van der Waals surface area contributed by atoms with Crippen LogP contribution in [0.1, 0.15) is 27.9 Å². The first-order valence-corrected chi connectivity index (χ1v) is 9.21. The summed E-state index contributed by atoms with van der Waals surface area (Å²) in [5.41, 5.74) is 5.85. The van der Waals surface area contributed by atoms with E-state index < -0.39 is 0 Å². The lowest BCUT2D eigenvalue weighted by Crippen LogP contribution is -2.20. The van der Waals surface area contributed by atoms with Gasteiger partial charge in [-0.2, -0.15) is 0 Å². The second-order valence-electron chi connectivity index (χ2n) is 6.78. The summed E-state index contributed by atoms with van der Waals surface area (Å²) in [6, 6.07) is 17.5. The Kier molecular flexibility index (Phi) is 6.22. The lowest BCUT2D eigenvalue weighted by atomic mass is 10.1. The minimum atomic E-state index is -0.190. The van der Waals surface area contributed by atoms with Gasteiger partial charge in [0.25, 0.3) is 5.91 Å². The molecule has 0 unspecified atom stereocenters. The number of rotatable bonds is 6. The van der Waals surface area contributed by atoms with Gasteiger partial charge in [0.2, 0.25) is 0 Å². The molecule has 1 heterocycles. The first-order chi connectivity index (χ1) is 13.5. The van der Waals surface area contributed by atoms with Crippen LogP contribution in [0.15, 0.2) is 60.8 Å². The molecule has 0 atom stereocenters. The third-order valence-corrected chi connectivity index (χ3v) is 4.26. The lowest BCUT2D eigenvalue weighted by Gasteiger charge is -2.13. The number of carbonyl (C=O) groups excluding carboxylic acids is 1. The van der Waals surface area contributed by atoms with Crippen molar-refractivity contribution in [3.05, 3.63) is 88.7 Å². The Bertz CT molecular complexity index is 971. The molecular formula is C24H24N2O2. The molecule has 0 fully saturated rings. The minimum Gasteiger partial charge on any atom is -0.483 e. The van der Waals surface area contributed by atoms with Crippen LogP contribution in [0.25, 0.3) is 12.2 Å². The van der Waals surface area contributed by atoms with Crippen LogP contribution in [0, 0.1) is 20.8 Å². The van der Waals surface area contributed by atoms with Crippen LogP contribution >= 0.6 is 0 Å². The smallest absolute Gasteiger partial charge is 0.262 e. The van der Waals surface area contributed by atoms with Gasteiger partial charge in [0.1, 0.15) is 5.75 Å². The fourth-order valence-corrected chi connectivity index (χ4v) is 3.11. The summed E-state index contributed by atoms with van der Waals surface area (Å²) < 4.78 is 5.76. The lowest BCUT2D eigenvalue weighted by molar-refractivity contribution is -0.118. The second kappa shape index (κ2) is 9.00. The maximum atomic E-state index is 12.3. The zero-order chi connectivity index (χ0) is 19.9. The van der Waals surface area contributed by atoms with Gasteiger partial charge in [0.05, 0.1) is 5.69 Å².